The number of halogens is 4. The third-order valence-corrected chi connectivity index (χ3v) is 10.3. The molecule has 2 aromatic rings. The van der Waals surface area contributed by atoms with Crippen LogP contribution in [0, 0.1) is 34.8 Å². The van der Waals surface area contributed by atoms with Gasteiger partial charge in [0.05, 0.1) is 6.61 Å². The van der Waals surface area contributed by atoms with Crippen LogP contribution < -0.4 is 4.74 Å². The molecule has 5 heteroatoms. The molecule has 0 radical (unpaired) electrons. The quantitative estimate of drug-likeness (QED) is 0.196. The lowest BCUT2D eigenvalue weighted by Crippen LogP contribution is -2.32. The van der Waals surface area contributed by atoms with Crippen LogP contribution in [0.2, 0.25) is 0 Å². The maximum atomic E-state index is 15.2. The van der Waals surface area contributed by atoms with Gasteiger partial charge in [0, 0.05) is 16.6 Å². The maximum Gasteiger partial charge on any atom is 0.201 e. The van der Waals surface area contributed by atoms with Crippen molar-refractivity contribution in [3.8, 4) is 5.75 Å². The van der Waals surface area contributed by atoms with Crippen LogP contribution in [-0.4, -0.2) is 12.8 Å². The predicted molar refractivity (Wildman–Crippen MR) is 167 cm³/mol. The summed E-state index contributed by atoms with van der Waals surface area (Å²) in [7, 11) is 0. The largest absolute Gasteiger partial charge is 0.490 e. The first-order chi connectivity index (χ1) is 20.7. The van der Waals surface area contributed by atoms with E-state index in [0.717, 1.165) is 25.7 Å². The van der Waals surface area contributed by atoms with Gasteiger partial charge in [0.15, 0.2) is 17.7 Å². The fraction of sp³-hybridized carbons (Fsp3) is 0.526. The van der Waals surface area contributed by atoms with Crippen molar-refractivity contribution in [2.75, 3.05) is 6.61 Å². The van der Waals surface area contributed by atoms with Crippen molar-refractivity contribution in [2.45, 2.75) is 97.1 Å². The molecule has 0 aromatic heterocycles. The highest BCUT2D eigenvalue weighted by Crippen LogP contribution is 2.48. The number of allylic oxidation sites excluding steroid dienone is 6. The van der Waals surface area contributed by atoms with Crippen molar-refractivity contribution in [3.05, 3.63) is 94.9 Å². The minimum Gasteiger partial charge on any atom is -0.490 e. The summed E-state index contributed by atoms with van der Waals surface area (Å²) in [4.78, 5) is 0. The van der Waals surface area contributed by atoms with Crippen LogP contribution in [0.5, 0.6) is 5.75 Å². The van der Waals surface area contributed by atoms with Gasteiger partial charge < -0.3 is 4.74 Å². The number of alkyl halides is 1. The van der Waals surface area contributed by atoms with Gasteiger partial charge in [-0.2, -0.15) is 4.39 Å². The Morgan fingerprint density at radius 2 is 1.67 bits per heavy atom. The number of ether oxygens (including phenoxy) is 1. The van der Waals surface area contributed by atoms with Crippen LogP contribution in [-0.2, 0) is 6.42 Å². The summed E-state index contributed by atoms with van der Waals surface area (Å²) in [6, 6.07) is 11.9. The summed E-state index contributed by atoms with van der Waals surface area (Å²) in [6.45, 7) is 6.06. The molecule has 43 heavy (non-hydrogen) atoms. The summed E-state index contributed by atoms with van der Waals surface area (Å²) >= 11 is 0. The highest BCUT2D eigenvalue weighted by Gasteiger charge is 2.40. The molecule has 2 aromatic carbocycles. The van der Waals surface area contributed by atoms with E-state index in [1.807, 2.05) is 19.1 Å². The summed E-state index contributed by atoms with van der Waals surface area (Å²) in [5, 5.41) is 0. The lowest BCUT2D eigenvalue weighted by Gasteiger charge is -2.42. The molecule has 0 bridgehead atoms. The molecule has 6 atom stereocenters. The van der Waals surface area contributed by atoms with Crippen molar-refractivity contribution < 1.29 is 22.3 Å². The summed E-state index contributed by atoms with van der Waals surface area (Å²) in [6.07, 6.45) is 14.9. The number of aryl methyl sites for hydroxylation is 1. The molecule has 2 fully saturated rings. The van der Waals surface area contributed by atoms with E-state index in [-0.39, 0.29) is 16.9 Å². The van der Waals surface area contributed by atoms with Gasteiger partial charge >= 0.3 is 0 Å². The second kappa shape index (κ2) is 13.9. The van der Waals surface area contributed by atoms with E-state index in [9.17, 15) is 0 Å². The Bertz CT molecular complexity index is 1340. The zero-order valence-corrected chi connectivity index (χ0v) is 25.9. The molecule has 0 saturated heterocycles. The van der Waals surface area contributed by atoms with Gasteiger partial charge in [-0.1, -0.05) is 68.8 Å². The normalized spacial score (nSPS) is 29.2. The van der Waals surface area contributed by atoms with Crippen molar-refractivity contribution >= 4 is 5.57 Å². The molecule has 0 heterocycles. The average molecular weight is 595 g/mol. The number of benzene rings is 2. The monoisotopic (exact) mass is 594 g/mol. The molecule has 2 saturated carbocycles. The molecular formula is C38H46F4O. The molecule has 3 aliphatic carbocycles. The summed E-state index contributed by atoms with van der Waals surface area (Å²) in [5.41, 5.74) is 1.31. The average Bonchev–Trinajstić information content (AvgIpc) is 3.02. The first-order valence-corrected chi connectivity index (χ1v) is 16.3. The smallest absolute Gasteiger partial charge is 0.201 e. The Hall–Kier alpha value is -2.82. The molecule has 6 unspecified atom stereocenters. The fourth-order valence-corrected chi connectivity index (χ4v) is 7.60. The van der Waals surface area contributed by atoms with Crippen molar-refractivity contribution in [2.24, 2.45) is 23.2 Å². The number of hydrogen-bond acceptors (Lipinski definition) is 1. The molecule has 5 rings (SSSR count). The highest BCUT2D eigenvalue weighted by molar-refractivity contribution is 5.78. The van der Waals surface area contributed by atoms with Crippen LogP contribution in [0.15, 0.2) is 66.5 Å². The van der Waals surface area contributed by atoms with Gasteiger partial charge in [-0.15, -0.1) is 0 Å². The minimum absolute atomic E-state index is 0.174. The third-order valence-electron chi connectivity index (χ3n) is 10.3. The van der Waals surface area contributed by atoms with Crippen LogP contribution in [0.25, 0.3) is 5.57 Å². The zero-order chi connectivity index (χ0) is 30.6. The van der Waals surface area contributed by atoms with E-state index < -0.39 is 29.0 Å². The van der Waals surface area contributed by atoms with Crippen LogP contribution in [0.1, 0.15) is 101 Å². The molecule has 0 aliphatic heterocycles. The maximum absolute atomic E-state index is 15.2. The van der Waals surface area contributed by atoms with E-state index in [2.05, 4.69) is 31.2 Å². The number of hydrogen-bond donors (Lipinski definition) is 0. The van der Waals surface area contributed by atoms with E-state index in [1.54, 1.807) is 13.0 Å². The lowest BCUT2D eigenvalue weighted by atomic mass is 9.64. The summed E-state index contributed by atoms with van der Waals surface area (Å²) in [5.74, 6) is -1.32. The van der Waals surface area contributed by atoms with E-state index in [1.165, 1.54) is 55.0 Å². The van der Waals surface area contributed by atoms with Gasteiger partial charge in [0.1, 0.15) is 5.83 Å². The molecule has 1 nitrogen and oxygen atoms in total. The SMILES string of the molecule is C/C=C/CCC1(C)C=CC(c2ccc(OCC3CCC4CC(c5ccc(CCC)cc5)CCC4C3)c(F)c2F)=C(F)C1F. The minimum atomic E-state index is -1.92. The zero-order valence-electron chi connectivity index (χ0n) is 25.9. The van der Waals surface area contributed by atoms with E-state index >= 15 is 17.6 Å². The van der Waals surface area contributed by atoms with Crippen LogP contribution in [0.3, 0.4) is 0 Å². The van der Waals surface area contributed by atoms with Crippen molar-refractivity contribution in [1.82, 2.24) is 0 Å². The molecule has 232 valence electrons. The Kier molecular flexibility index (Phi) is 10.2. The Labute approximate surface area is 255 Å². The Balaban J connectivity index is 1.17. The van der Waals surface area contributed by atoms with Gasteiger partial charge in [-0.25, -0.2) is 13.2 Å². The van der Waals surface area contributed by atoms with Gasteiger partial charge in [0.25, 0.3) is 0 Å². The molecule has 0 amide bonds. The van der Waals surface area contributed by atoms with E-state index in [0.29, 0.717) is 43.1 Å². The second-order valence-corrected chi connectivity index (χ2v) is 13.3. The first kappa shape index (κ1) is 31.6. The van der Waals surface area contributed by atoms with Crippen molar-refractivity contribution in [1.29, 1.82) is 0 Å². The lowest BCUT2D eigenvalue weighted by molar-refractivity contribution is 0.0902. The number of rotatable bonds is 10. The van der Waals surface area contributed by atoms with Crippen LogP contribution >= 0.6 is 0 Å². The van der Waals surface area contributed by atoms with Gasteiger partial charge in [0.2, 0.25) is 5.82 Å². The van der Waals surface area contributed by atoms with Crippen LogP contribution in [0.4, 0.5) is 17.6 Å². The van der Waals surface area contributed by atoms with E-state index in [4.69, 9.17) is 4.74 Å². The topological polar surface area (TPSA) is 9.23 Å². The Morgan fingerprint density at radius 1 is 0.930 bits per heavy atom. The number of fused-ring (bicyclic) bond motifs is 1. The molecule has 0 N–H and O–H groups in total. The third kappa shape index (κ3) is 6.97. The van der Waals surface area contributed by atoms with Gasteiger partial charge in [-0.3, -0.25) is 0 Å². The van der Waals surface area contributed by atoms with Crippen molar-refractivity contribution in [3.63, 3.8) is 0 Å². The molecule has 0 spiro atoms. The molecular weight excluding hydrogens is 548 g/mol. The standard InChI is InChI=1S/C38H46F4O/c1-4-6-7-20-38(3)21-19-32(35(40)37(38)42)31-17-18-33(36(41)34(31)39)43-24-26-11-14-30-23-29(16-15-28(30)22-26)27-12-9-25(8-5-2)10-13-27/h4,6,9-10,12-13,17-19,21,26,28-30,37H,5,7-8,11,14-16,20,22-24H2,1-3H3/b6-4+. The molecule has 3 aliphatic rings. The highest BCUT2D eigenvalue weighted by atomic mass is 19.2. The first-order valence-electron chi connectivity index (χ1n) is 16.3. The Morgan fingerprint density at radius 3 is 2.42 bits per heavy atom. The van der Waals surface area contributed by atoms with Gasteiger partial charge in [-0.05, 0) is 112 Å². The second-order valence-electron chi connectivity index (χ2n) is 13.3. The predicted octanol–water partition coefficient (Wildman–Crippen LogP) is 11.2. The fourth-order valence-electron chi connectivity index (χ4n) is 7.60. The summed E-state index contributed by atoms with van der Waals surface area (Å²) < 4.78 is 66.4.